The summed E-state index contributed by atoms with van der Waals surface area (Å²) in [6.07, 6.45) is 1.00. The number of nitrogens with zero attached hydrogens (tertiary/aromatic N) is 1. The zero-order valence-corrected chi connectivity index (χ0v) is 11.4. The largest absolute Gasteiger partial charge is 0.493 e. The number of hydrogen-bond donors (Lipinski definition) is 0. The first-order valence-electron chi connectivity index (χ1n) is 6.83. The monoisotopic (exact) mass is 261 g/mol. The van der Waals surface area contributed by atoms with E-state index in [2.05, 4.69) is 0 Å². The Bertz CT molecular complexity index is 500. The van der Waals surface area contributed by atoms with Crippen LogP contribution < -0.4 is 4.74 Å². The number of hydrogen-bond acceptors (Lipinski definition) is 3. The maximum Gasteiger partial charge on any atom is 0.254 e. The van der Waals surface area contributed by atoms with E-state index in [9.17, 15) is 4.79 Å². The van der Waals surface area contributed by atoms with Crippen LogP contribution >= 0.6 is 0 Å². The SMILES string of the molecule is CC1CN(C(=O)c2ccc3c(c2)CCO3)C(C)CO1. The molecule has 1 aromatic rings. The molecule has 2 aliphatic rings. The molecule has 0 aromatic heterocycles. The molecule has 0 radical (unpaired) electrons. The Labute approximate surface area is 113 Å². The maximum atomic E-state index is 12.6. The van der Waals surface area contributed by atoms with Crippen LogP contribution in [0.25, 0.3) is 0 Å². The zero-order chi connectivity index (χ0) is 13.4. The van der Waals surface area contributed by atoms with Gasteiger partial charge in [-0.1, -0.05) is 0 Å². The molecule has 2 atom stereocenters. The lowest BCUT2D eigenvalue weighted by molar-refractivity contribution is -0.0387. The Balaban J connectivity index is 1.83. The summed E-state index contributed by atoms with van der Waals surface area (Å²) in [6.45, 7) is 6.02. The molecule has 2 heterocycles. The van der Waals surface area contributed by atoms with Gasteiger partial charge >= 0.3 is 0 Å². The third kappa shape index (κ3) is 2.32. The van der Waals surface area contributed by atoms with Crippen LogP contribution in [0.1, 0.15) is 29.8 Å². The first-order valence-corrected chi connectivity index (χ1v) is 6.83. The fourth-order valence-corrected chi connectivity index (χ4v) is 2.67. The predicted octanol–water partition coefficient (Wildman–Crippen LogP) is 1.87. The Morgan fingerprint density at radius 1 is 1.37 bits per heavy atom. The van der Waals surface area contributed by atoms with Crippen molar-refractivity contribution in [3.63, 3.8) is 0 Å². The number of carbonyl (C=O) groups is 1. The lowest BCUT2D eigenvalue weighted by atomic mass is 10.1. The molecule has 4 nitrogen and oxygen atoms in total. The summed E-state index contributed by atoms with van der Waals surface area (Å²) in [6, 6.07) is 5.87. The highest BCUT2D eigenvalue weighted by molar-refractivity contribution is 5.95. The van der Waals surface area contributed by atoms with Crippen molar-refractivity contribution in [3.05, 3.63) is 29.3 Å². The molecule has 1 amide bonds. The van der Waals surface area contributed by atoms with Gasteiger partial charge in [0.05, 0.1) is 25.4 Å². The minimum atomic E-state index is 0.0948. The van der Waals surface area contributed by atoms with Gasteiger partial charge in [0, 0.05) is 18.5 Å². The lowest BCUT2D eigenvalue weighted by Gasteiger charge is -2.36. The number of amides is 1. The second kappa shape index (κ2) is 4.85. The minimum absolute atomic E-state index is 0.0948. The summed E-state index contributed by atoms with van der Waals surface area (Å²) in [4.78, 5) is 14.5. The fraction of sp³-hybridized carbons (Fsp3) is 0.533. The van der Waals surface area contributed by atoms with Gasteiger partial charge in [0.1, 0.15) is 5.75 Å². The molecule has 0 bridgehead atoms. The molecule has 0 N–H and O–H groups in total. The second-order valence-corrected chi connectivity index (χ2v) is 5.37. The van der Waals surface area contributed by atoms with Gasteiger partial charge in [-0.2, -0.15) is 0 Å². The van der Waals surface area contributed by atoms with E-state index in [1.165, 1.54) is 0 Å². The third-order valence-electron chi connectivity index (χ3n) is 3.81. The molecule has 0 spiro atoms. The summed E-state index contributed by atoms with van der Waals surface area (Å²) < 4.78 is 11.0. The number of benzene rings is 1. The van der Waals surface area contributed by atoms with Crippen LogP contribution in [0.5, 0.6) is 5.75 Å². The quantitative estimate of drug-likeness (QED) is 0.774. The van der Waals surface area contributed by atoms with Gasteiger partial charge in [-0.3, -0.25) is 4.79 Å². The van der Waals surface area contributed by atoms with Crippen molar-refractivity contribution in [1.82, 2.24) is 4.90 Å². The van der Waals surface area contributed by atoms with Crippen LogP contribution in [0.15, 0.2) is 18.2 Å². The van der Waals surface area contributed by atoms with E-state index in [-0.39, 0.29) is 18.1 Å². The summed E-state index contributed by atoms with van der Waals surface area (Å²) in [5.74, 6) is 1.01. The van der Waals surface area contributed by atoms with E-state index < -0.39 is 0 Å². The molecular weight excluding hydrogens is 242 g/mol. The van der Waals surface area contributed by atoms with Crippen molar-refractivity contribution < 1.29 is 14.3 Å². The average Bonchev–Trinajstić information content (AvgIpc) is 2.88. The molecule has 102 valence electrons. The molecule has 3 rings (SSSR count). The molecule has 4 heteroatoms. The number of fused-ring (bicyclic) bond motifs is 1. The number of morpholine rings is 1. The van der Waals surface area contributed by atoms with E-state index in [1.54, 1.807) is 0 Å². The van der Waals surface area contributed by atoms with E-state index >= 15 is 0 Å². The number of rotatable bonds is 1. The van der Waals surface area contributed by atoms with Crippen LogP contribution in [0, 0.1) is 0 Å². The highest BCUT2D eigenvalue weighted by atomic mass is 16.5. The highest BCUT2D eigenvalue weighted by Crippen LogP contribution is 2.27. The molecule has 1 aromatic carbocycles. The molecule has 0 saturated carbocycles. The van der Waals surface area contributed by atoms with Gasteiger partial charge < -0.3 is 14.4 Å². The lowest BCUT2D eigenvalue weighted by Crippen LogP contribution is -2.50. The predicted molar refractivity (Wildman–Crippen MR) is 71.6 cm³/mol. The molecule has 0 aliphatic carbocycles. The molecule has 19 heavy (non-hydrogen) atoms. The van der Waals surface area contributed by atoms with E-state index in [1.807, 2.05) is 36.9 Å². The average molecular weight is 261 g/mol. The molecule has 2 aliphatic heterocycles. The van der Waals surface area contributed by atoms with Crippen molar-refractivity contribution in [2.75, 3.05) is 19.8 Å². The Hall–Kier alpha value is -1.55. The van der Waals surface area contributed by atoms with Gasteiger partial charge in [0.25, 0.3) is 5.91 Å². The van der Waals surface area contributed by atoms with Crippen LogP contribution in [0.2, 0.25) is 0 Å². The molecule has 2 unspecified atom stereocenters. The third-order valence-corrected chi connectivity index (χ3v) is 3.81. The summed E-state index contributed by atoms with van der Waals surface area (Å²) in [5.41, 5.74) is 1.89. The summed E-state index contributed by atoms with van der Waals surface area (Å²) >= 11 is 0. The zero-order valence-electron chi connectivity index (χ0n) is 11.4. The van der Waals surface area contributed by atoms with Gasteiger partial charge in [0.2, 0.25) is 0 Å². The first kappa shape index (κ1) is 12.5. The summed E-state index contributed by atoms with van der Waals surface area (Å²) in [7, 11) is 0. The van der Waals surface area contributed by atoms with Crippen molar-refractivity contribution in [1.29, 1.82) is 0 Å². The number of carbonyl (C=O) groups excluding carboxylic acids is 1. The normalized spacial score (nSPS) is 25.9. The van der Waals surface area contributed by atoms with Crippen molar-refractivity contribution in [3.8, 4) is 5.75 Å². The second-order valence-electron chi connectivity index (χ2n) is 5.37. The van der Waals surface area contributed by atoms with E-state index in [0.29, 0.717) is 13.2 Å². The first-order chi connectivity index (χ1) is 9.15. The molecule has 1 saturated heterocycles. The van der Waals surface area contributed by atoms with Crippen LogP contribution in [-0.2, 0) is 11.2 Å². The van der Waals surface area contributed by atoms with Gasteiger partial charge in [-0.05, 0) is 37.6 Å². The van der Waals surface area contributed by atoms with Gasteiger partial charge in [-0.15, -0.1) is 0 Å². The Kier molecular flexibility index (Phi) is 3.19. The highest BCUT2D eigenvalue weighted by Gasteiger charge is 2.28. The maximum absolute atomic E-state index is 12.6. The van der Waals surface area contributed by atoms with Crippen molar-refractivity contribution in [2.45, 2.75) is 32.4 Å². The molecular formula is C15H19NO3. The smallest absolute Gasteiger partial charge is 0.254 e. The standard InChI is InChI=1S/C15H19NO3/c1-10-9-19-11(2)8-16(10)15(17)13-3-4-14-12(7-13)5-6-18-14/h3-4,7,10-11H,5-6,8-9H2,1-2H3. The van der Waals surface area contributed by atoms with Crippen LogP contribution in [0.4, 0.5) is 0 Å². The minimum Gasteiger partial charge on any atom is -0.493 e. The Morgan fingerprint density at radius 2 is 2.21 bits per heavy atom. The molecule has 1 fully saturated rings. The van der Waals surface area contributed by atoms with E-state index in [4.69, 9.17) is 9.47 Å². The number of ether oxygens (including phenoxy) is 2. The van der Waals surface area contributed by atoms with Crippen molar-refractivity contribution in [2.24, 2.45) is 0 Å². The van der Waals surface area contributed by atoms with Crippen LogP contribution in [0.3, 0.4) is 0 Å². The van der Waals surface area contributed by atoms with Gasteiger partial charge in [-0.25, -0.2) is 0 Å². The van der Waals surface area contributed by atoms with E-state index in [0.717, 1.165) is 29.9 Å². The van der Waals surface area contributed by atoms with Crippen molar-refractivity contribution >= 4 is 5.91 Å². The summed E-state index contributed by atoms with van der Waals surface area (Å²) in [5, 5.41) is 0. The van der Waals surface area contributed by atoms with Gasteiger partial charge in [0.15, 0.2) is 0 Å². The van der Waals surface area contributed by atoms with Crippen LogP contribution in [-0.4, -0.2) is 42.7 Å². The Morgan fingerprint density at radius 3 is 3.05 bits per heavy atom. The fourth-order valence-electron chi connectivity index (χ4n) is 2.67. The topological polar surface area (TPSA) is 38.8 Å².